The number of aliphatic hydroxyl groups excluding tert-OH is 1. The van der Waals surface area contributed by atoms with E-state index in [1.54, 1.807) is 0 Å². The van der Waals surface area contributed by atoms with Crippen LogP contribution in [-0.2, 0) is 0 Å². The van der Waals surface area contributed by atoms with Gasteiger partial charge in [0, 0.05) is 0 Å². The van der Waals surface area contributed by atoms with Crippen molar-refractivity contribution in [1.29, 1.82) is 0 Å². The minimum absolute atomic E-state index is 0.144. The van der Waals surface area contributed by atoms with Crippen LogP contribution in [0, 0.1) is 11.3 Å². The van der Waals surface area contributed by atoms with E-state index in [9.17, 15) is 5.11 Å². The Hall–Kier alpha value is -0.560. The molecule has 3 atom stereocenters. The molecule has 0 bridgehead atoms. The van der Waals surface area contributed by atoms with Gasteiger partial charge in [-0.3, -0.25) is 0 Å². The van der Waals surface area contributed by atoms with Crippen LogP contribution in [0.5, 0.6) is 0 Å². The molecular weight excluding hydrogens is 160 g/mol. The van der Waals surface area contributed by atoms with E-state index >= 15 is 0 Å². The van der Waals surface area contributed by atoms with Crippen molar-refractivity contribution in [1.82, 2.24) is 0 Å². The van der Waals surface area contributed by atoms with Gasteiger partial charge in [0.15, 0.2) is 0 Å². The summed E-state index contributed by atoms with van der Waals surface area (Å²) in [4.78, 5) is 0. The van der Waals surface area contributed by atoms with Gasteiger partial charge in [-0.15, -0.1) is 6.58 Å². The Labute approximate surface area is 81.2 Å². The molecule has 0 radical (unpaired) electrons. The molecule has 1 aliphatic carbocycles. The molecule has 0 aromatic heterocycles. The predicted molar refractivity (Wildman–Crippen MR) is 56.5 cm³/mol. The van der Waals surface area contributed by atoms with Gasteiger partial charge in [-0.25, -0.2) is 0 Å². The smallest absolute Gasteiger partial charge is 0.0546 e. The number of hydrogen-bond acceptors (Lipinski definition) is 1. The van der Waals surface area contributed by atoms with Crippen LogP contribution in [-0.4, -0.2) is 11.2 Å². The van der Waals surface area contributed by atoms with Gasteiger partial charge in [0.2, 0.25) is 0 Å². The fourth-order valence-corrected chi connectivity index (χ4v) is 2.32. The Balaban J connectivity index is 2.83. The summed E-state index contributed by atoms with van der Waals surface area (Å²) in [6, 6.07) is 0. The predicted octanol–water partition coefficient (Wildman–Crippen LogP) is 2.92. The Morgan fingerprint density at radius 1 is 1.62 bits per heavy atom. The minimum atomic E-state index is -0.144. The highest BCUT2D eigenvalue weighted by Gasteiger charge is 2.37. The first kappa shape index (κ1) is 10.5. The summed E-state index contributed by atoms with van der Waals surface area (Å²) in [7, 11) is 0. The Morgan fingerprint density at radius 3 is 2.69 bits per heavy atom. The van der Waals surface area contributed by atoms with Crippen LogP contribution in [0.4, 0.5) is 0 Å². The van der Waals surface area contributed by atoms with Crippen molar-refractivity contribution >= 4 is 0 Å². The van der Waals surface area contributed by atoms with Gasteiger partial charge in [0.1, 0.15) is 0 Å². The van der Waals surface area contributed by atoms with Crippen molar-refractivity contribution in [2.45, 2.75) is 39.2 Å². The first-order valence-electron chi connectivity index (χ1n) is 4.96. The maximum atomic E-state index is 9.58. The number of rotatable bonds is 2. The van der Waals surface area contributed by atoms with Crippen molar-refractivity contribution in [2.75, 3.05) is 0 Å². The molecule has 1 heteroatoms. The zero-order valence-electron chi connectivity index (χ0n) is 8.71. The number of hydrogen-bond donors (Lipinski definition) is 1. The molecule has 0 unspecified atom stereocenters. The minimum Gasteiger partial charge on any atom is -0.393 e. The zero-order valence-corrected chi connectivity index (χ0v) is 8.71. The Morgan fingerprint density at radius 2 is 2.23 bits per heavy atom. The SMILES string of the molecule is C=C[C@]1(C)CC[C@@H](O)C[C@H]1C(=C)C. The summed E-state index contributed by atoms with van der Waals surface area (Å²) in [5.74, 6) is 0.397. The molecular formula is C12H20O. The quantitative estimate of drug-likeness (QED) is 0.648. The van der Waals surface area contributed by atoms with Gasteiger partial charge in [-0.05, 0) is 37.5 Å². The summed E-state index contributed by atoms with van der Waals surface area (Å²) < 4.78 is 0. The summed E-state index contributed by atoms with van der Waals surface area (Å²) in [5.41, 5.74) is 1.31. The van der Waals surface area contributed by atoms with Crippen LogP contribution in [0.25, 0.3) is 0 Å². The average Bonchev–Trinajstić information content (AvgIpc) is 2.09. The number of aliphatic hydroxyl groups is 1. The molecule has 1 nitrogen and oxygen atoms in total. The van der Waals surface area contributed by atoms with E-state index in [4.69, 9.17) is 0 Å². The topological polar surface area (TPSA) is 20.2 Å². The molecule has 1 rings (SSSR count). The van der Waals surface area contributed by atoms with Crippen molar-refractivity contribution in [3.63, 3.8) is 0 Å². The molecule has 0 spiro atoms. The first-order chi connectivity index (χ1) is 5.99. The van der Waals surface area contributed by atoms with Crippen LogP contribution < -0.4 is 0 Å². The van der Waals surface area contributed by atoms with Crippen LogP contribution in [0.3, 0.4) is 0 Å². The van der Waals surface area contributed by atoms with Crippen molar-refractivity contribution in [3.05, 3.63) is 24.8 Å². The maximum Gasteiger partial charge on any atom is 0.0546 e. The fraction of sp³-hybridized carbons (Fsp3) is 0.667. The molecule has 0 aliphatic heterocycles. The van der Waals surface area contributed by atoms with Gasteiger partial charge in [0.05, 0.1) is 6.10 Å². The van der Waals surface area contributed by atoms with Crippen molar-refractivity contribution in [3.8, 4) is 0 Å². The lowest BCUT2D eigenvalue weighted by molar-refractivity contribution is 0.0581. The lowest BCUT2D eigenvalue weighted by Crippen LogP contribution is -2.35. The second-order valence-corrected chi connectivity index (χ2v) is 4.54. The van der Waals surface area contributed by atoms with Crippen LogP contribution in [0.1, 0.15) is 33.1 Å². The summed E-state index contributed by atoms with van der Waals surface area (Å²) in [5, 5.41) is 9.58. The van der Waals surface area contributed by atoms with Gasteiger partial charge in [-0.1, -0.05) is 25.2 Å². The summed E-state index contributed by atoms with van der Waals surface area (Å²) in [6.07, 6.45) is 4.65. The van der Waals surface area contributed by atoms with E-state index in [1.165, 1.54) is 5.57 Å². The van der Waals surface area contributed by atoms with Gasteiger partial charge in [0.25, 0.3) is 0 Å². The molecule has 0 saturated heterocycles. The van der Waals surface area contributed by atoms with Crippen LogP contribution in [0.15, 0.2) is 24.8 Å². The van der Waals surface area contributed by atoms with E-state index in [2.05, 4.69) is 20.1 Å². The van der Waals surface area contributed by atoms with Gasteiger partial charge in [-0.2, -0.15) is 0 Å². The van der Waals surface area contributed by atoms with E-state index < -0.39 is 0 Å². The van der Waals surface area contributed by atoms with Gasteiger partial charge >= 0.3 is 0 Å². The van der Waals surface area contributed by atoms with E-state index in [0.717, 1.165) is 19.3 Å². The lowest BCUT2D eigenvalue weighted by atomic mass is 9.64. The maximum absolute atomic E-state index is 9.58. The number of allylic oxidation sites excluding steroid dienone is 2. The van der Waals surface area contributed by atoms with Crippen LogP contribution >= 0.6 is 0 Å². The molecule has 0 aromatic carbocycles. The monoisotopic (exact) mass is 180 g/mol. The Bertz CT molecular complexity index is 219. The first-order valence-corrected chi connectivity index (χ1v) is 4.96. The molecule has 74 valence electrons. The summed E-state index contributed by atoms with van der Waals surface area (Å²) in [6.45, 7) is 12.1. The molecule has 1 fully saturated rings. The van der Waals surface area contributed by atoms with E-state index in [0.29, 0.717) is 5.92 Å². The fourth-order valence-electron chi connectivity index (χ4n) is 2.32. The van der Waals surface area contributed by atoms with Crippen molar-refractivity contribution < 1.29 is 5.11 Å². The largest absolute Gasteiger partial charge is 0.393 e. The second-order valence-electron chi connectivity index (χ2n) is 4.54. The average molecular weight is 180 g/mol. The van der Waals surface area contributed by atoms with E-state index in [-0.39, 0.29) is 11.5 Å². The summed E-state index contributed by atoms with van der Waals surface area (Å²) >= 11 is 0. The molecule has 13 heavy (non-hydrogen) atoms. The molecule has 0 heterocycles. The Kier molecular flexibility index (Phi) is 2.97. The zero-order chi connectivity index (χ0) is 10.1. The highest BCUT2D eigenvalue weighted by Crippen LogP contribution is 2.44. The molecule has 1 saturated carbocycles. The highest BCUT2D eigenvalue weighted by molar-refractivity contribution is 5.11. The second kappa shape index (κ2) is 3.67. The molecule has 1 N–H and O–H groups in total. The normalized spacial score (nSPS) is 39.9. The lowest BCUT2D eigenvalue weighted by Gasteiger charge is -2.41. The van der Waals surface area contributed by atoms with Crippen molar-refractivity contribution in [2.24, 2.45) is 11.3 Å². The molecule has 0 aromatic rings. The third-order valence-corrected chi connectivity index (χ3v) is 3.38. The third kappa shape index (κ3) is 2.02. The molecule has 0 amide bonds. The third-order valence-electron chi connectivity index (χ3n) is 3.38. The van der Waals surface area contributed by atoms with Crippen LogP contribution in [0.2, 0.25) is 0 Å². The highest BCUT2D eigenvalue weighted by atomic mass is 16.3. The molecule has 1 aliphatic rings. The standard InChI is InChI=1S/C12H20O/c1-5-12(4)7-6-10(13)8-11(12)9(2)3/h5,10-11,13H,1-2,6-8H2,3-4H3/t10-,11+,12-/m1/s1. The van der Waals surface area contributed by atoms with E-state index in [1.807, 2.05) is 13.0 Å². The van der Waals surface area contributed by atoms with Gasteiger partial charge < -0.3 is 5.11 Å².